The highest BCUT2D eigenvalue weighted by atomic mass is 35.5. The van der Waals surface area contributed by atoms with Gasteiger partial charge in [0, 0.05) is 21.8 Å². The minimum absolute atomic E-state index is 0.183. The molecule has 2 aromatic carbocycles. The summed E-state index contributed by atoms with van der Waals surface area (Å²) in [4.78, 5) is 0. The molecule has 1 N–H and O–H groups in total. The average Bonchev–Trinajstić information content (AvgIpc) is 2.34. The summed E-state index contributed by atoms with van der Waals surface area (Å²) >= 11 is 12.1. The Kier molecular flexibility index (Phi) is 4.15. The van der Waals surface area contributed by atoms with Gasteiger partial charge in [-0.2, -0.15) is 0 Å². The fourth-order valence-electron chi connectivity index (χ4n) is 1.79. The van der Waals surface area contributed by atoms with E-state index in [1.54, 1.807) is 0 Å². The molecule has 0 aliphatic rings. The quantitative estimate of drug-likeness (QED) is 0.785. The van der Waals surface area contributed by atoms with Gasteiger partial charge in [0.15, 0.2) is 0 Å². The number of rotatable bonds is 3. The Morgan fingerprint density at radius 1 is 1.06 bits per heavy atom. The molecule has 0 aliphatic heterocycles. The maximum absolute atomic E-state index is 6.11. The van der Waals surface area contributed by atoms with Gasteiger partial charge in [-0.25, -0.2) is 0 Å². The Morgan fingerprint density at radius 2 is 1.83 bits per heavy atom. The van der Waals surface area contributed by atoms with E-state index in [0.717, 1.165) is 26.9 Å². The van der Waals surface area contributed by atoms with Crippen molar-refractivity contribution in [3.63, 3.8) is 0 Å². The highest BCUT2D eigenvalue weighted by Crippen LogP contribution is 2.25. The van der Waals surface area contributed by atoms with Gasteiger partial charge < -0.3 is 5.32 Å². The summed E-state index contributed by atoms with van der Waals surface area (Å²) < 4.78 is 0. The van der Waals surface area contributed by atoms with Crippen molar-refractivity contribution in [3.05, 3.63) is 63.6 Å². The number of anilines is 1. The number of nitrogens with one attached hydrogen (secondary N) is 1. The minimum Gasteiger partial charge on any atom is -0.378 e. The van der Waals surface area contributed by atoms with Crippen LogP contribution in [-0.4, -0.2) is 0 Å². The Morgan fingerprint density at radius 3 is 2.50 bits per heavy atom. The molecule has 0 aliphatic carbocycles. The van der Waals surface area contributed by atoms with Gasteiger partial charge in [-0.05, 0) is 49.2 Å². The summed E-state index contributed by atoms with van der Waals surface area (Å²) in [7, 11) is 0. The number of benzene rings is 2. The van der Waals surface area contributed by atoms with Gasteiger partial charge >= 0.3 is 0 Å². The van der Waals surface area contributed by atoms with Crippen molar-refractivity contribution in [2.24, 2.45) is 0 Å². The molecule has 0 radical (unpaired) electrons. The molecule has 2 rings (SSSR count). The summed E-state index contributed by atoms with van der Waals surface area (Å²) in [5.41, 5.74) is 3.25. The number of halogens is 2. The van der Waals surface area contributed by atoms with Crippen LogP contribution in [0.25, 0.3) is 0 Å². The van der Waals surface area contributed by atoms with Crippen molar-refractivity contribution in [3.8, 4) is 0 Å². The van der Waals surface area contributed by atoms with Gasteiger partial charge in [-0.1, -0.05) is 41.4 Å². The second-order valence-corrected chi connectivity index (χ2v) is 5.23. The predicted octanol–water partition coefficient (Wildman–Crippen LogP) is 5.47. The van der Waals surface area contributed by atoms with Gasteiger partial charge in [-0.15, -0.1) is 0 Å². The summed E-state index contributed by atoms with van der Waals surface area (Å²) in [6.07, 6.45) is 0. The summed E-state index contributed by atoms with van der Waals surface area (Å²) in [5, 5.41) is 4.94. The SMILES string of the molecule is Cc1ccc(NC(C)c2cccc(Cl)c2)cc1Cl. The molecule has 1 unspecified atom stereocenters. The molecule has 1 nitrogen and oxygen atoms in total. The molecule has 18 heavy (non-hydrogen) atoms. The average molecular weight is 280 g/mol. The van der Waals surface area contributed by atoms with E-state index in [2.05, 4.69) is 18.3 Å². The molecule has 0 aromatic heterocycles. The van der Waals surface area contributed by atoms with Gasteiger partial charge in [0.25, 0.3) is 0 Å². The lowest BCUT2D eigenvalue weighted by atomic mass is 10.1. The van der Waals surface area contributed by atoms with Crippen molar-refractivity contribution in [1.82, 2.24) is 0 Å². The first-order chi connectivity index (χ1) is 8.56. The van der Waals surface area contributed by atoms with Crippen LogP contribution in [0.5, 0.6) is 0 Å². The smallest absolute Gasteiger partial charge is 0.0486 e. The van der Waals surface area contributed by atoms with Crippen LogP contribution in [0.2, 0.25) is 10.0 Å². The Labute approximate surface area is 118 Å². The highest BCUT2D eigenvalue weighted by Gasteiger charge is 2.06. The van der Waals surface area contributed by atoms with E-state index in [1.165, 1.54) is 0 Å². The molecular formula is C15H15Cl2N. The molecule has 3 heteroatoms. The molecule has 94 valence electrons. The maximum atomic E-state index is 6.11. The lowest BCUT2D eigenvalue weighted by molar-refractivity contribution is 0.885. The monoisotopic (exact) mass is 279 g/mol. The first kappa shape index (κ1) is 13.3. The zero-order chi connectivity index (χ0) is 13.1. The first-order valence-corrected chi connectivity index (χ1v) is 6.60. The summed E-state index contributed by atoms with van der Waals surface area (Å²) in [6, 6.07) is 14.0. The van der Waals surface area contributed by atoms with Crippen LogP contribution in [0.1, 0.15) is 24.1 Å². The van der Waals surface area contributed by atoms with Crippen molar-refractivity contribution in [2.75, 3.05) is 5.32 Å². The third-order valence-electron chi connectivity index (χ3n) is 2.90. The Bertz CT molecular complexity index is 552. The van der Waals surface area contributed by atoms with E-state index in [1.807, 2.05) is 43.3 Å². The fourth-order valence-corrected chi connectivity index (χ4v) is 2.17. The van der Waals surface area contributed by atoms with Crippen molar-refractivity contribution in [2.45, 2.75) is 19.9 Å². The molecule has 0 spiro atoms. The van der Waals surface area contributed by atoms with Gasteiger partial charge in [0.05, 0.1) is 0 Å². The zero-order valence-electron chi connectivity index (χ0n) is 10.4. The van der Waals surface area contributed by atoms with Crippen LogP contribution in [0, 0.1) is 6.92 Å². The molecule has 0 saturated carbocycles. The van der Waals surface area contributed by atoms with Crippen LogP contribution in [0.15, 0.2) is 42.5 Å². The molecule has 0 amide bonds. The van der Waals surface area contributed by atoms with Crippen molar-refractivity contribution >= 4 is 28.9 Å². The van der Waals surface area contributed by atoms with Gasteiger partial charge in [0.1, 0.15) is 0 Å². The van der Waals surface area contributed by atoms with Crippen molar-refractivity contribution < 1.29 is 0 Å². The molecule has 0 fully saturated rings. The summed E-state index contributed by atoms with van der Waals surface area (Å²) in [6.45, 7) is 4.09. The van der Waals surface area contributed by atoms with Crippen LogP contribution in [0.3, 0.4) is 0 Å². The number of hydrogen-bond acceptors (Lipinski definition) is 1. The van der Waals surface area contributed by atoms with E-state index in [9.17, 15) is 0 Å². The standard InChI is InChI=1S/C15H15Cl2N/c1-10-6-7-14(9-15(10)17)18-11(2)12-4-3-5-13(16)8-12/h3-9,11,18H,1-2H3. The van der Waals surface area contributed by atoms with Crippen LogP contribution >= 0.6 is 23.2 Å². The third-order valence-corrected chi connectivity index (χ3v) is 3.55. The van der Waals surface area contributed by atoms with E-state index >= 15 is 0 Å². The Hall–Kier alpha value is -1.18. The molecule has 1 atom stereocenters. The van der Waals surface area contributed by atoms with Gasteiger partial charge in [-0.3, -0.25) is 0 Å². The topological polar surface area (TPSA) is 12.0 Å². The normalized spacial score (nSPS) is 12.2. The second-order valence-electron chi connectivity index (χ2n) is 4.38. The van der Waals surface area contributed by atoms with E-state index in [4.69, 9.17) is 23.2 Å². The van der Waals surface area contributed by atoms with Crippen LogP contribution < -0.4 is 5.32 Å². The highest BCUT2D eigenvalue weighted by molar-refractivity contribution is 6.31. The molecular weight excluding hydrogens is 265 g/mol. The van der Waals surface area contributed by atoms with E-state index in [0.29, 0.717) is 0 Å². The molecule has 0 saturated heterocycles. The number of aryl methyl sites for hydroxylation is 1. The maximum Gasteiger partial charge on any atom is 0.0486 e. The summed E-state index contributed by atoms with van der Waals surface area (Å²) in [5.74, 6) is 0. The third kappa shape index (κ3) is 3.18. The van der Waals surface area contributed by atoms with E-state index < -0.39 is 0 Å². The molecule has 2 aromatic rings. The largest absolute Gasteiger partial charge is 0.378 e. The second kappa shape index (κ2) is 5.64. The van der Waals surface area contributed by atoms with Crippen LogP contribution in [-0.2, 0) is 0 Å². The molecule has 0 heterocycles. The lowest BCUT2D eigenvalue weighted by Crippen LogP contribution is -2.06. The Balaban J connectivity index is 2.16. The van der Waals surface area contributed by atoms with Crippen molar-refractivity contribution in [1.29, 1.82) is 0 Å². The zero-order valence-corrected chi connectivity index (χ0v) is 11.9. The van der Waals surface area contributed by atoms with E-state index in [-0.39, 0.29) is 6.04 Å². The van der Waals surface area contributed by atoms with Crippen LogP contribution in [0.4, 0.5) is 5.69 Å². The molecule has 0 bridgehead atoms. The fraction of sp³-hybridized carbons (Fsp3) is 0.200. The minimum atomic E-state index is 0.183. The van der Waals surface area contributed by atoms with Gasteiger partial charge in [0.2, 0.25) is 0 Å². The first-order valence-electron chi connectivity index (χ1n) is 5.84. The number of hydrogen-bond donors (Lipinski definition) is 1. The predicted molar refractivity (Wildman–Crippen MR) is 79.7 cm³/mol. The lowest BCUT2D eigenvalue weighted by Gasteiger charge is -2.16.